The summed E-state index contributed by atoms with van der Waals surface area (Å²) in [4.78, 5) is 0. The molecule has 4 heteroatoms. The number of hydrogen-bond acceptors (Lipinski definition) is 0. The van der Waals surface area contributed by atoms with Gasteiger partial charge in [0, 0.05) is 9.52 Å². The van der Waals surface area contributed by atoms with Crippen molar-refractivity contribution < 1.29 is 20.8 Å². The minimum atomic E-state index is -0.826. The van der Waals surface area contributed by atoms with E-state index in [-0.39, 0.29) is 0 Å². The molecule has 0 saturated heterocycles. The molecule has 0 aromatic heterocycles. The van der Waals surface area contributed by atoms with E-state index in [0.29, 0.717) is 0 Å². The molecule has 0 saturated carbocycles. The summed E-state index contributed by atoms with van der Waals surface area (Å²) in [5.74, 6) is 0. The smallest absolute Gasteiger partial charge is 0.0253 e. The van der Waals surface area contributed by atoms with Crippen molar-refractivity contribution >= 4 is 37.3 Å². The fraction of sp³-hybridized carbons (Fsp3) is 0.206. The minimum absolute atomic E-state index is 0.826. The van der Waals surface area contributed by atoms with Gasteiger partial charge in [0.15, 0.2) is 0 Å². The van der Waals surface area contributed by atoms with Crippen molar-refractivity contribution in [1.82, 2.24) is 0 Å². The Labute approximate surface area is 250 Å². The molecular formula is C34H34Cl2SiZr. The molecule has 0 amide bonds. The molecule has 2 radical (unpaired) electrons. The number of aryl methyl sites for hydroxylation is 3. The molecule has 1 aliphatic carbocycles. The first-order chi connectivity index (χ1) is 18.5. The first kappa shape index (κ1) is 30.7. The molecule has 5 aromatic carbocycles. The van der Waals surface area contributed by atoms with Crippen molar-refractivity contribution in [2.45, 2.75) is 46.7 Å². The maximum Gasteiger partial charge on any atom is -0.0253 e. The van der Waals surface area contributed by atoms with Gasteiger partial charge in [0.2, 0.25) is 0 Å². The van der Waals surface area contributed by atoms with Gasteiger partial charge in [-0.1, -0.05) is 90.8 Å². The van der Waals surface area contributed by atoms with E-state index in [9.17, 15) is 0 Å². The molecule has 5 aromatic rings. The van der Waals surface area contributed by atoms with Crippen LogP contribution in [-0.2, 0) is 33.7 Å². The summed E-state index contributed by atoms with van der Waals surface area (Å²) in [6.07, 6.45) is 2.15. The van der Waals surface area contributed by atoms with E-state index in [1.807, 2.05) is 6.07 Å². The van der Waals surface area contributed by atoms with Gasteiger partial charge in [-0.05, 0) is 37.8 Å². The molecule has 0 nitrogen and oxygen atoms in total. The normalized spacial score (nSPS) is 10.5. The standard InChI is InChI=1S/C19H19.C13H9.C2H6Si.2ClH.Zr/c1-4-15-11-16-6-5-7-17(19(16)12-15)18-10-13(2)8-9-14(18)3;1-3-7-12-10(5-1)9-11-6-2-4-8-13(11)12;1-3-2;;;/h5-12H,4H2,1-3H3;1-5,7-8H,9H2;1-2H3;2*1H;/q2*-1;;;;+4/p-2. The molecule has 0 heterocycles. The zero-order valence-corrected chi connectivity index (χ0v) is 27.8. The third-order valence-electron chi connectivity index (χ3n) is 6.52. The Hall–Kier alpha value is -1.83. The van der Waals surface area contributed by atoms with E-state index in [4.69, 9.17) is 17.0 Å². The second kappa shape index (κ2) is 15.7. The predicted molar refractivity (Wildman–Crippen MR) is 167 cm³/mol. The summed E-state index contributed by atoms with van der Waals surface area (Å²) in [5, 5.41) is 2.74. The maximum atomic E-state index is 4.93. The first-order valence-electron chi connectivity index (χ1n) is 12.9. The molecular weight excluding hydrogens is 599 g/mol. The Bertz CT molecular complexity index is 1410. The topological polar surface area (TPSA) is 0 Å². The van der Waals surface area contributed by atoms with E-state index < -0.39 is 20.8 Å². The molecule has 1 aliphatic rings. The van der Waals surface area contributed by atoms with Gasteiger partial charge in [0.05, 0.1) is 0 Å². The van der Waals surface area contributed by atoms with Crippen molar-refractivity contribution in [2.75, 3.05) is 0 Å². The van der Waals surface area contributed by atoms with Gasteiger partial charge < -0.3 is 0 Å². The zero-order valence-electron chi connectivity index (χ0n) is 22.8. The van der Waals surface area contributed by atoms with Crippen LogP contribution < -0.4 is 0 Å². The third-order valence-corrected chi connectivity index (χ3v) is 6.52. The second-order valence-electron chi connectivity index (χ2n) is 9.31. The number of rotatable bonds is 2. The summed E-state index contributed by atoms with van der Waals surface area (Å²) in [7, 11) is 11.0. The van der Waals surface area contributed by atoms with Crippen molar-refractivity contribution in [3.63, 3.8) is 0 Å². The van der Waals surface area contributed by atoms with Gasteiger partial charge in [-0.15, -0.1) is 40.1 Å². The van der Waals surface area contributed by atoms with E-state index >= 15 is 0 Å². The van der Waals surface area contributed by atoms with Crippen LogP contribution in [0.25, 0.3) is 33.0 Å². The quantitative estimate of drug-likeness (QED) is 0.132. The van der Waals surface area contributed by atoms with Crippen LogP contribution in [0.3, 0.4) is 0 Å². The van der Waals surface area contributed by atoms with Gasteiger partial charge in [0.25, 0.3) is 0 Å². The molecule has 38 heavy (non-hydrogen) atoms. The summed E-state index contributed by atoms with van der Waals surface area (Å²) in [6.45, 7) is 10.9. The van der Waals surface area contributed by atoms with Gasteiger partial charge in [0.1, 0.15) is 0 Å². The van der Waals surface area contributed by atoms with E-state index in [1.54, 1.807) is 0 Å². The van der Waals surface area contributed by atoms with Gasteiger partial charge in [-0.2, -0.15) is 35.9 Å². The summed E-state index contributed by atoms with van der Waals surface area (Å²) in [6, 6.07) is 36.1. The Kier molecular flexibility index (Phi) is 12.7. The van der Waals surface area contributed by atoms with Crippen molar-refractivity contribution in [1.29, 1.82) is 0 Å². The van der Waals surface area contributed by atoms with Crippen LogP contribution in [-0.4, -0.2) is 9.52 Å². The third kappa shape index (κ3) is 7.86. The Balaban J connectivity index is 0.000000182. The number of halogens is 2. The zero-order chi connectivity index (χ0) is 27.5. The summed E-state index contributed by atoms with van der Waals surface area (Å²) >= 11 is -0.826. The van der Waals surface area contributed by atoms with Crippen molar-refractivity contribution in [2.24, 2.45) is 0 Å². The van der Waals surface area contributed by atoms with E-state index in [0.717, 1.165) is 22.4 Å². The largest absolute Gasteiger partial charge is 0.179 e. The monoisotopic (exact) mass is 630 g/mol. The summed E-state index contributed by atoms with van der Waals surface area (Å²) < 4.78 is 0. The number of benzene rings is 4. The molecule has 0 bridgehead atoms. The fourth-order valence-electron chi connectivity index (χ4n) is 4.76. The van der Waals surface area contributed by atoms with Gasteiger partial charge in [-0.25, -0.2) is 0 Å². The predicted octanol–water partition coefficient (Wildman–Crippen LogP) is 10.6. The van der Waals surface area contributed by atoms with Crippen LogP contribution in [0, 0.1) is 19.9 Å². The average Bonchev–Trinajstić information content (AvgIpc) is 3.53. The number of fused-ring (bicyclic) bond motifs is 4. The van der Waals surface area contributed by atoms with Crippen molar-refractivity contribution in [3.8, 4) is 22.3 Å². The molecule has 0 fully saturated rings. The molecule has 0 aliphatic heterocycles. The maximum absolute atomic E-state index is 4.93. The van der Waals surface area contributed by atoms with Crippen LogP contribution in [0.1, 0.15) is 34.7 Å². The van der Waals surface area contributed by atoms with Crippen molar-refractivity contribution in [3.05, 3.63) is 125 Å². The second-order valence-corrected chi connectivity index (χ2v) is 14.0. The van der Waals surface area contributed by atoms with Crippen LogP contribution in [0.15, 0.2) is 91.0 Å². The Morgan fingerprint density at radius 1 is 0.842 bits per heavy atom. The van der Waals surface area contributed by atoms with Gasteiger partial charge in [-0.3, -0.25) is 0 Å². The Morgan fingerprint density at radius 3 is 2.26 bits per heavy atom. The molecule has 0 unspecified atom stereocenters. The van der Waals surface area contributed by atoms with Crippen LogP contribution in [0.5, 0.6) is 0 Å². The van der Waals surface area contributed by atoms with Gasteiger partial charge >= 0.3 is 37.9 Å². The van der Waals surface area contributed by atoms with Crippen LogP contribution >= 0.6 is 17.0 Å². The fourth-order valence-corrected chi connectivity index (χ4v) is 4.76. The van der Waals surface area contributed by atoms with E-state index in [1.165, 1.54) is 60.8 Å². The Morgan fingerprint density at radius 2 is 1.53 bits per heavy atom. The first-order valence-corrected chi connectivity index (χ1v) is 21.2. The summed E-state index contributed by atoms with van der Waals surface area (Å²) in [5.41, 5.74) is 12.3. The number of hydrogen-bond donors (Lipinski definition) is 0. The molecule has 6 rings (SSSR count). The van der Waals surface area contributed by atoms with E-state index in [2.05, 4.69) is 125 Å². The van der Waals surface area contributed by atoms with Crippen LogP contribution in [0.2, 0.25) is 13.1 Å². The molecule has 192 valence electrons. The average molecular weight is 633 g/mol. The van der Waals surface area contributed by atoms with Crippen LogP contribution in [0.4, 0.5) is 0 Å². The molecule has 0 spiro atoms. The minimum Gasteiger partial charge on any atom is -0.179 e. The molecule has 0 N–H and O–H groups in total. The SMILES string of the molecule is CCc1cc2c(-c3cc(C)ccc3C)cccc2[cH-]1.C[Si]C.[Cl][Zr+2][Cl].[c-]1cccc2c1Cc1ccccc1-2. The molecule has 0 atom stereocenters.